The Morgan fingerprint density at radius 2 is 1.95 bits per heavy atom. The molecule has 1 unspecified atom stereocenters. The molecule has 5 heteroatoms. The Kier molecular flexibility index (Phi) is 5.61. The minimum absolute atomic E-state index is 0.114. The Labute approximate surface area is 139 Å². The van der Waals surface area contributed by atoms with E-state index in [4.69, 9.17) is 11.6 Å². The molecule has 0 spiro atoms. The van der Waals surface area contributed by atoms with E-state index in [0.29, 0.717) is 0 Å². The first-order valence-electron chi connectivity index (χ1n) is 6.07. The van der Waals surface area contributed by atoms with Crippen molar-refractivity contribution in [1.82, 2.24) is 5.32 Å². The molecule has 106 valence electrons. The summed E-state index contributed by atoms with van der Waals surface area (Å²) in [6.45, 7) is 0. The molecule has 0 aromatic heterocycles. The zero-order chi connectivity index (χ0) is 14.7. The molecule has 1 nitrogen and oxygen atoms in total. The Balaban J connectivity index is 2.28. The first-order valence-corrected chi connectivity index (χ1v) is 8.04. The Hall–Kier alpha value is -0.420. The number of hydrogen-bond acceptors (Lipinski definition) is 1. The van der Waals surface area contributed by atoms with Crippen molar-refractivity contribution in [3.8, 4) is 0 Å². The highest BCUT2D eigenvalue weighted by Crippen LogP contribution is 2.29. The fraction of sp³-hybridized carbons (Fsp3) is 0.200. The van der Waals surface area contributed by atoms with Crippen LogP contribution in [0.2, 0.25) is 5.02 Å². The van der Waals surface area contributed by atoms with Gasteiger partial charge in [0, 0.05) is 15.0 Å². The molecule has 0 amide bonds. The number of nitrogens with one attached hydrogen (secondary N) is 1. The van der Waals surface area contributed by atoms with E-state index in [1.54, 1.807) is 12.1 Å². The smallest absolute Gasteiger partial charge is 0.141 e. The summed E-state index contributed by atoms with van der Waals surface area (Å²) in [5.41, 5.74) is 2.13. The van der Waals surface area contributed by atoms with Gasteiger partial charge in [-0.25, -0.2) is 4.39 Å². The molecule has 0 aliphatic heterocycles. The predicted molar refractivity (Wildman–Crippen MR) is 88.8 cm³/mol. The van der Waals surface area contributed by atoms with Crippen LogP contribution in [0.15, 0.2) is 45.3 Å². The van der Waals surface area contributed by atoms with Crippen LogP contribution in [0.3, 0.4) is 0 Å². The number of benzene rings is 2. The molecule has 0 radical (unpaired) electrons. The van der Waals surface area contributed by atoms with Crippen molar-refractivity contribution < 1.29 is 4.39 Å². The highest BCUT2D eigenvalue weighted by Gasteiger charge is 2.14. The van der Waals surface area contributed by atoms with E-state index in [2.05, 4.69) is 43.2 Å². The van der Waals surface area contributed by atoms with Crippen LogP contribution < -0.4 is 5.32 Å². The van der Waals surface area contributed by atoms with Gasteiger partial charge in [0.1, 0.15) is 5.82 Å². The van der Waals surface area contributed by atoms with Crippen LogP contribution in [0.4, 0.5) is 4.39 Å². The maximum Gasteiger partial charge on any atom is 0.141 e. The van der Waals surface area contributed by atoms with Gasteiger partial charge in [-0.05, 0) is 54.9 Å². The van der Waals surface area contributed by atoms with E-state index < -0.39 is 0 Å². The SMILES string of the molecule is CNC(Cc1ccc(F)c(Cl)c1)c1cc(Br)ccc1Br. The molecule has 0 aliphatic rings. The molecule has 0 fully saturated rings. The van der Waals surface area contributed by atoms with Gasteiger partial charge in [-0.1, -0.05) is 49.5 Å². The third-order valence-corrected chi connectivity index (χ3v) is 4.61. The van der Waals surface area contributed by atoms with E-state index in [1.165, 1.54) is 6.07 Å². The zero-order valence-corrected chi connectivity index (χ0v) is 14.7. The summed E-state index contributed by atoms with van der Waals surface area (Å²) >= 11 is 12.9. The fourth-order valence-corrected chi connectivity index (χ4v) is 3.16. The molecule has 0 heterocycles. The van der Waals surface area contributed by atoms with Crippen LogP contribution in [0, 0.1) is 5.82 Å². The Bertz CT molecular complexity index is 619. The lowest BCUT2D eigenvalue weighted by molar-refractivity contribution is 0.586. The van der Waals surface area contributed by atoms with Crippen molar-refractivity contribution in [2.75, 3.05) is 7.05 Å². The summed E-state index contributed by atoms with van der Waals surface area (Å²) in [4.78, 5) is 0. The van der Waals surface area contributed by atoms with Gasteiger partial charge in [-0.3, -0.25) is 0 Å². The topological polar surface area (TPSA) is 12.0 Å². The van der Waals surface area contributed by atoms with Gasteiger partial charge >= 0.3 is 0 Å². The second kappa shape index (κ2) is 7.03. The molecule has 1 N–H and O–H groups in total. The summed E-state index contributed by atoms with van der Waals surface area (Å²) in [5, 5.41) is 3.44. The summed E-state index contributed by atoms with van der Waals surface area (Å²) in [5.74, 6) is -0.389. The molecule has 0 saturated carbocycles. The van der Waals surface area contributed by atoms with Crippen molar-refractivity contribution in [2.24, 2.45) is 0 Å². The van der Waals surface area contributed by atoms with Crippen molar-refractivity contribution >= 4 is 43.5 Å². The summed E-state index contributed by atoms with van der Waals surface area (Å²) in [6, 6.07) is 11.0. The largest absolute Gasteiger partial charge is 0.313 e. The van der Waals surface area contributed by atoms with Crippen molar-refractivity contribution in [3.05, 3.63) is 67.3 Å². The van der Waals surface area contributed by atoms with Crippen LogP contribution in [0.1, 0.15) is 17.2 Å². The van der Waals surface area contributed by atoms with Crippen molar-refractivity contribution in [3.63, 3.8) is 0 Å². The molecule has 1 atom stereocenters. The van der Waals surface area contributed by atoms with Crippen LogP contribution in [-0.2, 0) is 6.42 Å². The van der Waals surface area contributed by atoms with E-state index in [0.717, 1.165) is 26.5 Å². The van der Waals surface area contributed by atoms with Gasteiger partial charge in [0.2, 0.25) is 0 Å². The predicted octanol–water partition coefficient (Wildman–Crippen LogP) is 5.51. The van der Waals surface area contributed by atoms with Gasteiger partial charge in [0.15, 0.2) is 0 Å². The van der Waals surface area contributed by atoms with Gasteiger partial charge in [-0.15, -0.1) is 0 Å². The molecule has 0 saturated heterocycles. The molecule has 0 aliphatic carbocycles. The van der Waals surface area contributed by atoms with Gasteiger partial charge in [0.25, 0.3) is 0 Å². The van der Waals surface area contributed by atoms with E-state index >= 15 is 0 Å². The van der Waals surface area contributed by atoms with Gasteiger partial charge in [0.05, 0.1) is 5.02 Å². The van der Waals surface area contributed by atoms with Crippen molar-refractivity contribution in [2.45, 2.75) is 12.5 Å². The molecular formula is C15H13Br2ClFN. The molecule has 2 aromatic rings. The maximum absolute atomic E-state index is 13.2. The summed E-state index contributed by atoms with van der Waals surface area (Å²) in [7, 11) is 1.91. The Morgan fingerprint density at radius 1 is 1.20 bits per heavy atom. The number of hydrogen-bond donors (Lipinski definition) is 1. The molecule has 2 rings (SSSR count). The Morgan fingerprint density at radius 3 is 2.60 bits per heavy atom. The first kappa shape index (κ1) is 16.0. The average Bonchev–Trinajstić information content (AvgIpc) is 2.43. The van der Waals surface area contributed by atoms with E-state index in [-0.39, 0.29) is 16.9 Å². The lowest BCUT2D eigenvalue weighted by Gasteiger charge is -2.19. The number of halogens is 4. The molecule has 0 bridgehead atoms. The van der Waals surface area contributed by atoms with Crippen LogP contribution in [0.5, 0.6) is 0 Å². The molecule has 20 heavy (non-hydrogen) atoms. The average molecular weight is 422 g/mol. The van der Waals surface area contributed by atoms with Crippen molar-refractivity contribution in [1.29, 1.82) is 0 Å². The monoisotopic (exact) mass is 419 g/mol. The molecular weight excluding hydrogens is 408 g/mol. The number of rotatable bonds is 4. The fourth-order valence-electron chi connectivity index (χ4n) is 2.05. The van der Waals surface area contributed by atoms with Crippen LogP contribution in [0.25, 0.3) is 0 Å². The third-order valence-electron chi connectivity index (χ3n) is 3.11. The quantitative estimate of drug-likeness (QED) is 0.687. The lowest BCUT2D eigenvalue weighted by Crippen LogP contribution is -2.19. The highest BCUT2D eigenvalue weighted by atomic mass is 79.9. The second-order valence-corrected chi connectivity index (χ2v) is 6.64. The molecule has 2 aromatic carbocycles. The normalized spacial score (nSPS) is 12.4. The summed E-state index contributed by atoms with van der Waals surface area (Å²) in [6.07, 6.45) is 0.728. The van der Waals surface area contributed by atoms with Gasteiger partial charge in [-0.2, -0.15) is 0 Å². The summed E-state index contributed by atoms with van der Waals surface area (Å²) < 4.78 is 15.3. The third kappa shape index (κ3) is 3.82. The first-order chi connectivity index (χ1) is 9.51. The zero-order valence-electron chi connectivity index (χ0n) is 10.8. The minimum Gasteiger partial charge on any atom is -0.313 e. The lowest BCUT2D eigenvalue weighted by atomic mass is 9.99. The maximum atomic E-state index is 13.2. The highest BCUT2D eigenvalue weighted by molar-refractivity contribution is 9.11. The second-order valence-electron chi connectivity index (χ2n) is 4.46. The van der Waals surface area contributed by atoms with Gasteiger partial charge < -0.3 is 5.32 Å². The standard InChI is InChI=1S/C15H13Br2ClFN/c1-20-15(11-8-10(16)3-4-12(11)17)7-9-2-5-14(19)13(18)6-9/h2-6,8,15,20H,7H2,1H3. The number of likely N-dealkylation sites (N-methyl/N-ethyl adjacent to an activating group) is 1. The van der Waals surface area contributed by atoms with Crippen LogP contribution in [-0.4, -0.2) is 7.05 Å². The minimum atomic E-state index is -0.389. The van der Waals surface area contributed by atoms with E-state index in [1.807, 2.05) is 19.2 Å². The van der Waals surface area contributed by atoms with E-state index in [9.17, 15) is 4.39 Å². The van der Waals surface area contributed by atoms with Crippen LogP contribution >= 0.6 is 43.5 Å².